The molecule has 0 aliphatic rings. The quantitative estimate of drug-likeness (QED) is 0.291. The molecule has 0 aromatic heterocycles. The largest absolute Gasteiger partial charge is 0.469 e. The summed E-state index contributed by atoms with van der Waals surface area (Å²) < 4.78 is 23.3. The lowest BCUT2D eigenvalue weighted by molar-refractivity contribution is -0.142. The van der Waals surface area contributed by atoms with E-state index < -0.39 is 41.7 Å². The highest BCUT2D eigenvalue weighted by Crippen LogP contribution is 2.24. The Bertz CT molecular complexity index is 1120. The predicted molar refractivity (Wildman–Crippen MR) is 132 cm³/mol. The number of methoxy groups -OCH3 is 1. The zero-order valence-electron chi connectivity index (χ0n) is 20.5. The summed E-state index contributed by atoms with van der Waals surface area (Å²) in [6, 6.07) is 10.2. The minimum atomic E-state index is -0.729. The van der Waals surface area contributed by atoms with Crippen LogP contribution in [0.5, 0.6) is 0 Å². The molecule has 0 fully saturated rings. The normalized spacial score (nSPS) is 10.8. The maximum absolute atomic E-state index is 13.6. The molecule has 2 rings (SSSR count). The summed E-state index contributed by atoms with van der Waals surface area (Å²) in [6.45, 7) is 5.09. The molecule has 0 heterocycles. The van der Waals surface area contributed by atoms with Crippen molar-refractivity contribution in [3.8, 4) is 0 Å². The minimum Gasteiger partial charge on any atom is -0.469 e. The van der Waals surface area contributed by atoms with Crippen LogP contribution in [0.2, 0.25) is 5.02 Å². The number of hydrogen-bond donors (Lipinski definition) is 2. The molecule has 2 aromatic carbocycles. The van der Waals surface area contributed by atoms with Gasteiger partial charge in [0.15, 0.2) is 0 Å². The van der Waals surface area contributed by atoms with Gasteiger partial charge in [-0.2, -0.15) is 0 Å². The van der Waals surface area contributed by atoms with Crippen LogP contribution in [0.3, 0.4) is 0 Å². The van der Waals surface area contributed by atoms with Crippen LogP contribution in [0, 0.1) is 5.82 Å². The van der Waals surface area contributed by atoms with Crippen molar-refractivity contribution in [2.45, 2.75) is 39.2 Å². The lowest BCUT2D eigenvalue weighted by atomic mass is 10.1. The number of anilines is 1. The lowest BCUT2D eigenvalue weighted by Gasteiger charge is -2.25. The van der Waals surface area contributed by atoms with E-state index in [9.17, 15) is 23.6 Å². The highest BCUT2D eigenvalue weighted by Gasteiger charge is 2.21. The van der Waals surface area contributed by atoms with E-state index in [0.717, 1.165) is 7.11 Å². The van der Waals surface area contributed by atoms with E-state index in [1.165, 1.54) is 35.2 Å². The third-order valence-electron chi connectivity index (χ3n) is 4.68. The average molecular weight is 522 g/mol. The molecule has 0 bridgehead atoms. The van der Waals surface area contributed by atoms with Gasteiger partial charge in [0.05, 0.1) is 24.5 Å². The number of nitrogens with zero attached hydrogens (tertiary/aromatic N) is 1. The summed E-state index contributed by atoms with van der Waals surface area (Å²) >= 11 is 6.15. The van der Waals surface area contributed by atoms with E-state index >= 15 is 0 Å². The fourth-order valence-corrected chi connectivity index (χ4v) is 3.18. The number of ether oxygens (including phenoxy) is 2. The van der Waals surface area contributed by atoms with Crippen LogP contribution in [-0.4, -0.2) is 54.7 Å². The Hall–Kier alpha value is -3.66. The van der Waals surface area contributed by atoms with E-state index in [-0.39, 0.29) is 29.5 Å². The number of rotatable bonds is 9. The highest BCUT2D eigenvalue weighted by molar-refractivity contribution is 6.34. The van der Waals surface area contributed by atoms with Gasteiger partial charge in [0.2, 0.25) is 5.91 Å². The second-order valence-corrected chi connectivity index (χ2v) is 9.19. The summed E-state index contributed by atoms with van der Waals surface area (Å²) in [6.07, 6.45) is -0.918. The number of halogens is 2. The van der Waals surface area contributed by atoms with Crippen LogP contribution in [0.4, 0.5) is 14.9 Å². The Balaban J connectivity index is 2.21. The number of nitrogens with one attached hydrogen (secondary N) is 2. The summed E-state index contributed by atoms with van der Waals surface area (Å²) in [7, 11) is 1.16. The Labute approximate surface area is 213 Å². The molecule has 0 aliphatic heterocycles. The zero-order valence-corrected chi connectivity index (χ0v) is 21.3. The lowest BCUT2D eigenvalue weighted by Crippen LogP contribution is -2.44. The summed E-state index contributed by atoms with van der Waals surface area (Å²) in [4.78, 5) is 50.2. The average Bonchev–Trinajstić information content (AvgIpc) is 2.79. The first-order chi connectivity index (χ1) is 16.9. The molecule has 0 unspecified atom stereocenters. The first kappa shape index (κ1) is 28.6. The van der Waals surface area contributed by atoms with Gasteiger partial charge in [0.25, 0.3) is 5.91 Å². The molecule has 2 N–H and O–H groups in total. The molecule has 0 saturated heterocycles. The van der Waals surface area contributed by atoms with Crippen LogP contribution < -0.4 is 10.6 Å². The Morgan fingerprint density at radius 1 is 1.08 bits per heavy atom. The van der Waals surface area contributed by atoms with Gasteiger partial charge in [0, 0.05) is 12.1 Å². The van der Waals surface area contributed by atoms with Crippen molar-refractivity contribution in [3.63, 3.8) is 0 Å². The van der Waals surface area contributed by atoms with E-state index in [1.54, 1.807) is 32.9 Å². The van der Waals surface area contributed by atoms with Crippen LogP contribution in [0.25, 0.3) is 0 Å². The minimum absolute atomic E-state index is 0.126. The SMILES string of the molecule is COC(=O)CC(=O)Nc1cc(C(=O)N(CCc2cccc(F)c2)CNC(=O)OC(C)(C)C)ccc1Cl. The molecule has 0 saturated carbocycles. The third-order valence-corrected chi connectivity index (χ3v) is 5.01. The number of esters is 1. The molecule has 0 spiro atoms. The van der Waals surface area contributed by atoms with Crippen LogP contribution in [0.15, 0.2) is 42.5 Å². The standard InChI is InChI=1S/C25H29ClFN3O6/c1-25(2,3)36-24(34)28-15-30(11-10-16-6-5-7-18(27)12-16)23(33)17-8-9-19(26)20(13-17)29-21(31)14-22(32)35-4/h5-9,12-13H,10-11,14-15H2,1-4H3,(H,28,34)(H,29,31). The van der Waals surface area contributed by atoms with Gasteiger partial charge >= 0.3 is 12.1 Å². The summed E-state index contributed by atoms with van der Waals surface area (Å²) in [5.74, 6) is -2.28. The van der Waals surface area contributed by atoms with Crippen LogP contribution in [-0.2, 0) is 25.5 Å². The molecule has 194 valence electrons. The van der Waals surface area contributed by atoms with E-state index in [1.807, 2.05) is 0 Å². The maximum atomic E-state index is 13.6. The fourth-order valence-electron chi connectivity index (χ4n) is 3.02. The molecular weight excluding hydrogens is 493 g/mol. The molecule has 0 radical (unpaired) electrons. The van der Waals surface area contributed by atoms with Crippen molar-refractivity contribution in [2.75, 3.05) is 25.6 Å². The van der Waals surface area contributed by atoms with E-state index in [0.29, 0.717) is 12.0 Å². The summed E-state index contributed by atoms with van der Waals surface area (Å²) in [5.41, 5.74) is 0.227. The number of amides is 3. The smallest absolute Gasteiger partial charge is 0.409 e. The molecular formula is C25H29ClFN3O6. The van der Waals surface area contributed by atoms with Crippen molar-refractivity contribution in [3.05, 3.63) is 64.4 Å². The molecule has 36 heavy (non-hydrogen) atoms. The Kier molecular flexibility index (Phi) is 10.2. The Morgan fingerprint density at radius 3 is 2.44 bits per heavy atom. The number of carbonyl (C=O) groups excluding carboxylic acids is 4. The van der Waals surface area contributed by atoms with Crippen molar-refractivity contribution in [2.24, 2.45) is 0 Å². The van der Waals surface area contributed by atoms with Gasteiger partial charge in [0.1, 0.15) is 17.8 Å². The number of alkyl carbamates (subject to hydrolysis) is 1. The van der Waals surface area contributed by atoms with Gasteiger partial charge in [-0.15, -0.1) is 0 Å². The second kappa shape index (κ2) is 12.9. The molecule has 2 aromatic rings. The van der Waals surface area contributed by atoms with Gasteiger partial charge in [-0.1, -0.05) is 23.7 Å². The molecule has 11 heteroatoms. The van der Waals surface area contributed by atoms with E-state index in [4.69, 9.17) is 16.3 Å². The van der Waals surface area contributed by atoms with Crippen LogP contribution in [0.1, 0.15) is 43.1 Å². The first-order valence-corrected chi connectivity index (χ1v) is 11.4. The van der Waals surface area contributed by atoms with Crippen molar-refractivity contribution >= 4 is 41.2 Å². The first-order valence-electron chi connectivity index (χ1n) is 11.0. The number of benzene rings is 2. The number of hydrogen-bond acceptors (Lipinski definition) is 6. The fraction of sp³-hybridized carbons (Fsp3) is 0.360. The maximum Gasteiger partial charge on any atom is 0.409 e. The van der Waals surface area contributed by atoms with Crippen molar-refractivity contribution in [1.29, 1.82) is 0 Å². The monoisotopic (exact) mass is 521 g/mol. The summed E-state index contributed by atoms with van der Waals surface area (Å²) in [5, 5.41) is 5.18. The molecule has 3 amide bonds. The van der Waals surface area contributed by atoms with Gasteiger partial charge in [-0.3, -0.25) is 14.4 Å². The molecule has 9 nitrogen and oxygen atoms in total. The van der Waals surface area contributed by atoms with Crippen LogP contribution >= 0.6 is 11.6 Å². The third kappa shape index (κ3) is 9.53. The van der Waals surface area contributed by atoms with Gasteiger partial charge in [-0.05, 0) is 63.1 Å². The Morgan fingerprint density at radius 2 is 1.81 bits per heavy atom. The molecule has 0 atom stereocenters. The zero-order chi connectivity index (χ0) is 26.9. The second-order valence-electron chi connectivity index (χ2n) is 8.78. The van der Waals surface area contributed by atoms with Crippen molar-refractivity contribution < 1.29 is 33.0 Å². The number of carbonyl (C=O) groups is 4. The topological polar surface area (TPSA) is 114 Å². The predicted octanol–water partition coefficient (Wildman–Crippen LogP) is 4.15. The highest BCUT2D eigenvalue weighted by atomic mass is 35.5. The van der Waals surface area contributed by atoms with Crippen molar-refractivity contribution in [1.82, 2.24) is 10.2 Å². The van der Waals surface area contributed by atoms with Gasteiger partial charge in [-0.25, -0.2) is 9.18 Å². The molecule has 0 aliphatic carbocycles. The van der Waals surface area contributed by atoms with E-state index in [2.05, 4.69) is 15.4 Å². The van der Waals surface area contributed by atoms with Gasteiger partial charge < -0.3 is 25.0 Å².